The molecule has 1 spiro atoms. The third kappa shape index (κ3) is 4.98. The van der Waals surface area contributed by atoms with Crippen LogP contribution >= 0.6 is 11.8 Å². The quantitative estimate of drug-likeness (QED) is 0.749. The number of piperidine rings is 1. The van der Waals surface area contributed by atoms with Gasteiger partial charge in [0, 0.05) is 38.0 Å². The molecule has 27 heavy (non-hydrogen) atoms. The summed E-state index contributed by atoms with van der Waals surface area (Å²) >= 11 is 1.70. The van der Waals surface area contributed by atoms with Crippen molar-refractivity contribution < 1.29 is 14.3 Å². The van der Waals surface area contributed by atoms with E-state index >= 15 is 0 Å². The predicted molar refractivity (Wildman–Crippen MR) is 109 cm³/mol. The van der Waals surface area contributed by atoms with Crippen LogP contribution in [0.25, 0.3) is 0 Å². The van der Waals surface area contributed by atoms with E-state index in [1.54, 1.807) is 18.9 Å². The minimum Gasteiger partial charge on any atom is -0.497 e. The summed E-state index contributed by atoms with van der Waals surface area (Å²) < 4.78 is 5.28. The average Bonchev–Trinajstić information content (AvgIpc) is 2.95. The van der Waals surface area contributed by atoms with Crippen molar-refractivity contribution in [3.63, 3.8) is 0 Å². The van der Waals surface area contributed by atoms with Gasteiger partial charge >= 0.3 is 0 Å². The monoisotopic (exact) mass is 390 g/mol. The van der Waals surface area contributed by atoms with E-state index in [2.05, 4.69) is 13.8 Å². The van der Waals surface area contributed by atoms with E-state index in [1.165, 1.54) is 0 Å². The minimum absolute atomic E-state index is 0.0396. The summed E-state index contributed by atoms with van der Waals surface area (Å²) in [5.41, 5.74) is 1.14. The van der Waals surface area contributed by atoms with Crippen LogP contribution < -0.4 is 4.74 Å². The maximum Gasteiger partial charge on any atom is 0.232 e. The van der Waals surface area contributed by atoms with Crippen molar-refractivity contribution in [2.75, 3.05) is 32.5 Å². The highest BCUT2D eigenvalue weighted by atomic mass is 32.2. The van der Waals surface area contributed by atoms with Crippen LogP contribution in [0, 0.1) is 5.41 Å². The smallest absolute Gasteiger partial charge is 0.232 e. The highest BCUT2D eigenvalue weighted by Crippen LogP contribution is 2.41. The van der Waals surface area contributed by atoms with Gasteiger partial charge in [-0.1, -0.05) is 26.0 Å². The molecule has 0 aliphatic carbocycles. The number of nitrogens with zero attached hydrogens (tertiary/aromatic N) is 2. The van der Waals surface area contributed by atoms with Gasteiger partial charge in [-0.05, 0) is 35.8 Å². The van der Waals surface area contributed by atoms with Gasteiger partial charge in [-0.25, -0.2) is 0 Å². The summed E-state index contributed by atoms with van der Waals surface area (Å²) in [5.74, 6) is 1.85. The van der Waals surface area contributed by atoms with Crippen LogP contribution in [0.4, 0.5) is 0 Å². The van der Waals surface area contributed by atoms with Crippen molar-refractivity contribution >= 4 is 23.6 Å². The Balaban J connectivity index is 1.55. The molecule has 148 valence electrons. The van der Waals surface area contributed by atoms with Crippen molar-refractivity contribution in [1.82, 2.24) is 9.80 Å². The Hall–Kier alpha value is -1.69. The zero-order chi connectivity index (χ0) is 19.4. The molecule has 2 fully saturated rings. The lowest BCUT2D eigenvalue weighted by atomic mass is 9.77. The van der Waals surface area contributed by atoms with Crippen LogP contribution in [0.5, 0.6) is 5.75 Å². The lowest BCUT2D eigenvalue weighted by Crippen LogP contribution is -2.45. The van der Waals surface area contributed by atoms with E-state index in [0.717, 1.165) is 43.8 Å². The molecule has 3 rings (SSSR count). The third-order valence-corrected chi connectivity index (χ3v) is 6.71. The number of ether oxygens (including phenoxy) is 1. The molecule has 2 aliphatic rings. The number of carbonyl (C=O) groups excluding carboxylic acids is 2. The number of rotatable bonds is 6. The van der Waals surface area contributed by atoms with Crippen molar-refractivity contribution in [2.45, 2.75) is 44.9 Å². The molecule has 6 heteroatoms. The van der Waals surface area contributed by atoms with Crippen molar-refractivity contribution in [3.8, 4) is 5.75 Å². The molecular weight excluding hydrogens is 360 g/mol. The van der Waals surface area contributed by atoms with E-state index < -0.39 is 0 Å². The number of benzene rings is 1. The number of thioether (sulfide) groups is 1. The topological polar surface area (TPSA) is 49.9 Å². The van der Waals surface area contributed by atoms with Crippen molar-refractivity contribution in [2.24, 2.45) is 5.41 Å². The van der Waals surface area contributed by atoms with Crippen LogP contribution in [-0.2, 0) is 16.1 Å². The minimum atomic E-state index is 0.0396. The Labute approximate surface area is 166 Å². The Bertz CT molecular complexity index is 684. The summed E-state index contributed by atoms with van der Waals surface area (Å²) in [6.45, 7) is 7.21. The van der Waals surface area contributed by atoms with Gasteiger partial charge < -0.3 is 14.5 Å². The predicted octanol–water partition coefficient (Wildman–Crippen LogP) is 3.18. The van der Waals surface area contributed by atoms with Gasteiger partial charge in [-0.2, -0.15) is 0 Å². The number of carbonyl (C=O) groups is 2. The fourth-order valence-electron chi connectivity index (χ4n) is 4.01. The molecule has 0 bridgehead atoms. The number of amides is 2. The van der Waals surface area contributed by atoms with E-state index in [0.29, 0.717) is 24.0 Å². The molecule has 1 aromatic rings. The Morgan fingerprint density at radius 3 is 2.70 bits per heavy atom. The van der Waals surface area contributed by atoms with Crippen molar-refractivity contribution in [1.29, 1.82) is 0 Å². The summed E-state index contributed by atoms with van der Waals surface area (Å²) in [6, 6.07) is 7.91. The first-order valence-electron chi connectivity index (χ1n) is 9.71. The maximum absolute atomic E-state index is 12.6. The van der Waals surface area contributed by atoms with Crippen LogP contribution in [0.2, 0.25) is 0 Å². The number of methoxy groups -OCH3 is 1. The molecule has 0 aromatic heterocycles. The zero-order valence-corrected chi connectivity index (χ0v) is 17.4. The van der Waals surface area contributed by atoms with Gasteiger partial charge in [0.2, 0.25) is 11.8 Å². The molecule has 2 heterocycles. The molecule has 0 unspecified atom stereocenters. The largest absolute Gasteiger partial charge is 0.497 e. The van der Waals surface area contributed by atoms with E-state index in [9.17, 15) is 9.59 Å². The Kier molecular flexibility index (Phi) is 6.35. The molecule has 1 aromatic carbocycles. The lowest BCUT2D eigenvalue weighted by molar-refractivity contribution is -0.130. The summed E-state index contributed by atoms with van der Waals surface area (Å²) in [7, 11) is 1.66. The molecule has 2 saturated heterocycles. The van der Waals surface area contributed by atoms with Crippen LogP contribution in [0.3, 0.4) is 0 Å². The number of likely N-dealkylation sites (tertiary alicyclic amines) is 2. The zero-order valence-electron chi connectivity index (χ0n) is 16.6. The van der Waals surface area contributed by atoms with E-state index in [1.807, 2.05) is 34.1 Å². The van der Waals surface area contributed by atoms with Crippen molar-refractivity contribution in [3.05, 3.63) is 29.8 Å². The molecule has 2 amide bonds. The lowest BCUT2D eigenvalue weighted by Gasteiger charge is -2.39. The van der Waals surface area contributed by atoms with E-state index in [-0.39, 0.29) is 17.2 Å². The molecule has 0 saturated carbocycles. The van der Waals surface area contributed by atoms with Crippen LogP contribution in [0.1, 0.15) is 38.7 Å². The average molecular weight is 391 g/mol. The summed E-state index contributed by atoms with van der Waals surface area (Å²) in [6.07, 6.45) is 2.45. The van der Waals surface area contributed by atoms with Gasteiger partial charge in [0.05, 0.1) is 12.9 Å². The van der Waals surface area contributed by atoms with Gasteiger partial charge in [0.25, 0.3) is 0 Å². The second kappa shape index (κ2) is 8.55. The second-order valence-electron chi connectivity index (χ2n) is 8.02. The first-order valence-corrected chi connectivity index (χ1v) is 10.8. The molecule has 5 nitrogen and oxygen atoms in total. The fraction of sp³-hybridized carbons (Fsp3) is 0.619. The maximum atomic E-state index is 12.6. The Morgan fingerprint density at radius 1 is 1.30 bits per heavy atom. The normalized spacial score (nSPS) is 19.2. The summed E-state index contributed by atoms with van der Waals surface area (Å²) in [4.78, 5) is 28.9. The second-order valence-corrected chi connectivity index (χ2v) is 9.58. The van der Waals surface area contributed by atoms with Gasteiger partial charge in [-0.3, -0.25) is 9.59 Å². The molecule has 0 radical (unpaired) electrons. The molecular formula is C21H30N2O3S. The first-order chi connectivity index (χ1) is 12.9. The summed E-state index contributed by atoms with van der Waals surface area (Å²) in [5, 5.41) is 0.475. The van der Waals surface area contributed by atoms with Gasteiger partial charge in [-0.15, -0.1) is 11.8 Å². The highest BCUT2D eigenvalue weighted by Gasteiger charge is 2.45. The molecule has 2 aliphatic heterocycles. The van der Waals surface area contributed by atoms with Gasteiger partial charge in [0.1, 0.15) is 5.75 Å². The standard InChI is InChI=1S/C21H30N2O3S/c1-16(2)27-14-20(25)22-9-7-21(8-10-22)12-19(24)23(15-21)13-17-5-4-6-18(11-17)26-3/h4-6,11,16H,7-10,12-15H2,1-3H3. The fourth-order valence-corrected chi connectivity index (χ4v) is 4.67. The SMILES string of the molecule is COc1cccc(CN2CC3(CCN(C(=O)CSC(C)C)CC3)CC2=O)c1. The third-order valence-electron chi connectivity index (χ3n) is 5.63. The highest BCUT2D eigenvalue weighted by molar-refractivity contribution is 8.00. The first kappa shape index (κ1) is 20.1. The van der Waals surface area contributed by atoms with Gasteiger partial charge in [0.15, 0.2) is 0 Å². The number of hydrogen-bond acceptors (Lipinski definition) is 4. The Morgan fingerprint density at radius 2 is 2.04 bits per heavy atom. The molecule has 0 N–H and O–H groups in total. The van der Waals surface area contributed by atoms with Crippen LogP contribution in [-0.4, -0.2) is 59.4 Å². The number of hydrogen-bond donors (Lipinski definition) is 0. The van der Waals surface area contributed by atoms with Crippen LogP contribution in [0.15, 0.2) is 24.3 Å². The molecule has 0 atom stereocenters. The van der Waals surface area contributed by atoms with E-state index in [4.69, 9.17) is 4.74 Å².